The van der Waals surface area contributed by atoms with Gasteiger partial charge in [-0.15, -0.1) is 0 Å². The monoisotopic (exact) mass is 1150 g/mol. The Morgan fingerprint density at radius 2 is 1.21 bits per heavy atom. The molecule has 26 nitrogen and oxygen atoms in total. The van der Waals surface area contributed by atoms with Gasteiger partial charge in [-0.2, -0.15) is 5.26 Å². The van der Waals surface area contributed by atoms with Crippen LogP contribution in [-0.4, -0.2) is 233 Å². The van der Waals surface area contributed by atoms with Crippen LogP contribution in [0.25, 0.3) is 0 Å². The average molecular weight is 1150 g/mol. The molecule has 2 saturated heterocycles. The van der Waals surface area contributed by atoms with Gasteiger partial charge in [0, 0.05) is 109 Å². The van der Waals surface area contributed by atoms with Crippen LogP contribution in [0.15, 0.2) is 42.6 Å². The number of aliphatic carboxylic acids is 3. The molecule has 1 unspecified atom stereocenters. The number of nitrogens with zero attached hydrogens (tertiary/aromatic N) is 7. The van der Waals surface area contributed by atoms with E-state index in [1.807, 2.05) is 31.2 Å². The number of carbonyl (C=O) groups is 10. The minimum absolute atomic E-state index is 0.0420. The predicted molar refractivity (Wildman–Crippen MR) is 291 cm³/mol. The Bertz CT molecular complexity index is 2520. The number of carboxylic acid groups (broad SMARTS) is 3. The number of aromatic nitrogens is 1. The number of nitrogens with one attached hydrogen (secondary N) is 6. The van der Waals surface area contributed by atoms with E-state index in [0.29, 0.717) is 19.3 Å². The van der Waals surface area contributed by atoms with Crippen LogP contribution in [0.1, 0.15) is 85.5 Å². The third kappa shape index (κ3) is 25.8. The summed E-state index contributed by atoms with van der Waals surface area (Å²) in [5.74, 6) is -10.4. The zero-order chi connectivity index (χ0) is 60.2. The second-order valence-corrected chi connectivity index (χ2v) is 20.4. The van der Waals surface area contributed by atoms with E-state index < -0.39 is 84.5 Å². The molecule has 2 aromatic rings. The first-order valence-corrected chi connectivity index (χ1v) is 27.3. The summed E-state index contributed by atoms with van der Waals surface area (Å²) in [5, 5.41) is 53.9. The average Bonchev–Trinajstić information content (AvgIpc) is 3.91. The van der Waals surface area contributed by atoms with Crippen molar-refractivity contribution in [3.05, 3.63) is 65.0 Å². The van der Waals surface area contributed by atoms with E-state index in [4.69, 9.17) is 0 Å². The number of carboxylic acids is 3. The Morgan fingerprint density at radius 1 is 0.671 bits per heavy atom. The number of aryl methyl sites for hydroxylation is 2. The lowest BCUT2D eigenvalue weighted by atomic mass is 10.1. The maximum absolute atomic E-state index is 13.9. The van der Waals surface area contributed by atoms with Crippen molar-refractivity contribution in [1.82, 2.24) is 61.4 Å². The Balaban J connectivity index is 1.29. The van der Waals surface area contributed by atoms with Gasteiger partial charge in [-0.25, -0.2) is 8.78 Å². The van der Waals surface area contributed by atoms with Gasteiger partial charge in [0.05, 0.1) is 51.0 Å². The Kier molecular flexibility index (Phi) is 28.1. The first kappa shape index (κ1) is 66.8. The van der Waals surface area contributed by atoms with Crippen LogP contribution in [0.3, 0.4) is 0 Å². The number of alkyl halides is 2. The molecule has 82 heavy (non-hydrogen) atoms. The van der Waals surface area contributed by atoms with E-state index in [-0.39, 0.29) is 153 Å². The SMILES string of the molecule is Cc1ccc(CCCC(=O)NCCNC(=O)C(CCCCNC(=O)CN2CCN(CC(=O)O)CCN(CC(=O)O)CCN(CC(=O)O)CC2)NC(=O)CCC(=O)NCc2cc(C(=O)N[C@H](C)C(=O)N3CC(F)(F)C[C@H]3C#N)ccn2)cc1. The number of rotatable bonds is 30. The Morgan fingerprint density at radius 3 is 1.78 bits per heavy atom. The van der Waals surface area contributed by atoms with Crippen LogP contribution < -0.4 is 31.9 Å². The van der Waals surface area contributed by atoms with E-state index in [1.54, 1.807) is 25.7 Å². The third-order valence-electron chi connectivity index (χ3n) is 13.5. The van der Waals surface area contributed by atoms with Crippen molar-refractivity contribution in [3.8, 4) is 6.07 Å². The molecule has 4 rings (SSSR count). The van der Waals surface area contributed by atoms with E-state index >= 15 is 0 Å². The summed E-state index contributed by atoms with van der Waals surface area (Å²) in [6, 6.07) is 8.74. The Hall–Kier alpha value is -7.74. The first-order chi connectivity index (χ1) is 39.0. The minimum atomic E-state index is -3.24. The highest BCUT2D eigenvalue weighted by molar-refractivity contribution is 5.97. The molecule has 3 heterocycles. The lowest BCUT2D eigenvalue weighted by molar-refractivity contribution is -0.140. The highest BCUT2D eigenvalue weighted by atomic mass is 19.3. The predicted octanol–water partition coefficient (Wildman–Crippen LogP) is -0.834. The number of likely N-dealkylation sites (tertiary alicyclic amines) is 1. The molecule has 0 spiro atoms. The first-order valence-electron chi connectivity index (χ1n) is 27.3. The molecule has 3 atom stereocenters. The second-order valence-electron chi connectivity index (χ2n) is 20.4. The smallest absolute Gasteiger partial charge is 0.317 e. The second kappa shape index (κ2) is 34.5. The Labute approximate surface area is 474 Å². The van der Waals surface area contributed by atoms with Gasteiger partial charge in [0.15, 0.2) is 0 Å². The summed E-state index contributed by atoms with van der Waals surface area (Å²) in [6.45, 7) is 3.30. The van der Waals surface area contributed by atoms with Crippen LogP contribution >= 0.6 is 0 Å². The molecule has 0 aliphatic carbocycles. The largest absolute Gasteiger partial charge is 0.480 e. The molecule has 0 radical (unpaired) electrons. The fourth-order valence-electron chi connectivity index (χ4n) is 9.06. The number of hydrogen-bond donors (Lipinski definition) is 9. The molecule has 2 fully saturated rings. The fourth-order valence-corrected chi connectivity index (χ4v) is 9.06. The van der Waals surface area contributed by atoms with Crippen LogP contribution in [0.2, 0.25) is 0 Å². The molecule has 2 aliphatic rings. The number of pyridine rings is 1. The van der Waals surface area contributed by atoms with Crippen molar-refractivity contribution >= 4 is 59.3 Å². The topological polar surface area (TPSA) is 356 Å². The highest BCUT2D eigenvalue weighted by Gasteiger charge is 2.48. The van der Waals surface area contributed by atoms with Gasteiger partial charge < -0.3 is 52.1 Å². The standard InChI is InChI=1S/C54H77F2N13O13/c1-37-9-11-39(12-10-37)6-5-8-44(70)60-18-19-61-52(81)43(7-3-4-16-59-47(73)32-65-20-22-66(33-48(74)75)24-26-68(35-50(78)79)27-25-67(23-21-65)34-49(76)77)64-46(72)14-13-45(71)62-31-41-28-40(15-17-58-41)51(80)63-38(2)53(82)69-36-54(55,56)29-42(69)30-57/h9-12,15,17,28,38,42-43H,3-8,13-14,16,18-27,29,31-36H2,1-2H3,(H,59,73)(H,60,70)(H,61,81)(H,62,71)(H,63,80)(H,64,72)(H,74,75)(H,76,77)(H,78,79)/t38-,42+,43?/m1/s1. The molecule has 1 aromatic carbocycles. The van der Waals surface area contributed by atoms with Crippen LogP contribution in [0.4, 0.5) is 8.78 Å². The van der Waals surface area contributed by atoms with Crippen molar-refractivity contribution in [2.24, 2.45) is 0 Å². The summed E-state index contributed by atoms with van der Waals surface area (Å²) >= 11 is 0. The number of nitriles is 1. The van der Waals surface area contributed by atoms with Gasteiger partial charge in [0.2, 0.25) is 35.4 Å². The lowest BCUT2D eigenvalue weighted by Gasteiger charge is -2.32. The summed E-state index contributed by atoms with van der Waals surface area (Å²) in [4.78, 5) is 138. The molecular weight excluding hydrogens is 1080 g/mol. The van der Waals surface area contributed by atoms with E-state index in [9.17, 15) is 77.3 Å². The molecule has 9 N–H and O–H groups in total. The van der Waals surface area contributed by atoms with Crippen LogP contribution in [0.5, 0.6) is 0 Å². The van der Waals surface area contributed by atoms with Gasteiger partial charge in [-0.1, -0.05) is 29.8 Å². The van der Waals surface area contributed by atoms with E-state index in [1.165, 1.54) is 25.3 Å². The summed E-state index contributed by atoms with van der Waals surface area (Å²) in [7, 11) is 0. The number of halogens is 2. The summed E-state index contributed by atoms with van der Waals surface area (Å²) in [5.41, 5.74) is 2.52. The normalized spacial score (nSPS) is 17.1. The molecule has 2 aliphatic heterocycles. The number of benzene rings is 1. The molecule has 28 heteroatoms. The van der Waals surface area contributed by atoms with E-state index in [2.05, 4.69) is 36.9 Å². The van der Waals surface area contributed by atoms with Crippen molar-refractivity contribution in [1.29, 1.82) is 5.26 Å². The molecule has 0 saturated carbocycles. The quantitative estimate of drug-likeness (QED) is 0.0431. The molecule has 450 valence electrons. The van der Waals surface area contributed by atoms with Crippen molar-refractivity contribution in [2.75, 3.05) is 105 Å². The summed E-state index contributed by atoms with van der Waals surface area (Å²) < 4.78 is 27.9. The summed E-state index contributed by atoms with van der Waals surface area (Å²) in [6.07, 6.45) is 2.29. The zero-order valence-electron chi connectivity index (χ0n) is 46.5. The fraction of sp³-hybridized carbons (Fsp3) is 0.593. The zero-order valence-corrected chi connectivity index (χ0v) is 46.5. The van der Waals surface area contributed by atoms with Crippen molar-refractivity contribution in [2.45, 2.75) is 102 Å². The minimum Gasteiger partial charge on any atom is -0.480 e. The van der Waals surface area contributed by atoms with Gasteiger partial charge in [-0.05, 0) is 63.6 Å². The molecular formula is C54H77F2N13O13. The number of amides is 7. The van der Waals surface area contributed by atoms with Crippen LogP contribution in [-0.2, 0) is 56.1 Å². The number of hydrogen-bond acceptors (Lipinski definition) is 16. The lowest BCUT2D eigenvalue weighted by Crippen LogP contribution is -2.49. The van der Waals surface area contributed by atoms with Crippen molar-refractivity contribution < 1.29 is 72.0 Å². The highest BCUT2D eigenvalue weighted by Crippen LogP contribution is 2.32. The van der Waals surface area contributed by atoms with Gasteiger partial charge in [0.1, 0.15) is 18.1 Å². The molecule has 0 bridgehead atoms. The van der Waals surface area contributed by atoms with Gasteiger partial charge in [-0.3, -0.25) is 72.5 Å². The molecule has 1 aromatic heterocycles. The maximum atomic E-state index is 13.9. The van der Waals surface area contributed by atoms with Crippen LogP contribution in [0, 0.1) is 18.3 Å². The van der Waals surface area contributed by atoms with Crippen molar-refractivity contribution in [3.63, 3.8) is 0 Å². The molecule has 7 amide bonds. The number of carbonyl (C=O) groups excluding carboxylic acids is 7. The van der Waals surface area contributed by atoms with E-state index in [0.717, 1.165) is 22.4 Å². The van der Waals surface area contributed by atoms with Gasteiger partial charge >= 0.3 is 17.9 Å². The third-order valence-corrected chi connectivity index (χ3v) is 13.5. The number of unbranched alkanes of at least 4 members (excludes halogenated alkanes) is 1. The maximum Gasteiger partial charge on any atom is 0.317 e. The van der Waals surface area contributed by atoms with Gasteiger partial charge in [0.25, 0.3) is 11.8 Å².